The van der Waals surface area contributed by atoms with Crippen LogP contribution in [0, 0.1) is 6.92 Å². The number of H-pyrrole nitrogens is 1. The van der Waals surface area contributed by atoms with E-state index in [9.17, 15) is 9.59 Å². The summed E-state index contributed by atoms with van der Waals surface area (Å²) in [4.78, 5) is 28.1. The number of amides is 1. The number of carbonyl (C=O) groups is 1. The smallest absolute Gasteiger partial charge is 0.347 e. The Hall–Kier alpha value is -3.68. The van der Waals surface area contributed by atoms with Gasteiger partial charge in [-0.25, -0.2) is 14.9 Å². The Balaban J connectivity index is 1.44. The first-order valence-corrected chi connectivity index (χ1v) is 8.51. The number of aromatic amines is 1. The number of nitrogens with one attached hydrogen (secondary N) is 2. The molecule has 1 aromatic carbocycles. The third-order valence-corrected chi connectivity index (χ3v) is 4.40. The molecule has 0 unspecified atom stereocenters. The number of hydrogen-bond donors (Lipinski definition) is 2. The van der Waals surface area contributed by atoms with Crippen LogP contribution in [-0.2, 0) is 13.1 Å². The largest absolute Gasteiger partial charge is 0.348 e. The summed E-state index contributed by atoms with van der Waals surface area (Å²) in [5.74, 6) is 0.741. The van der Waals surface area contributed by atoms with Crippen molar-refractivity contribution < 1.29 is 4.79 Å². The van der Waals surface area contributed by atoms with E-state index in [1.165, 1.54) is 10.6 Å². The van der Waals surface area contributed by atoms with Gasteiger partial charge in [-0.1, -0.05) is 24.3 Å². The second-order valence-electron chi connectivity index (χ2n) is 6.28. The minimum atomic E-state index is -0.332. The van der Waals surface area contributed by atoms with Crippen molar-refractivity contribution in [2.24, 2.45) is 0 Å². The van der Waals surface area contributed by atoms with E-state index in [1.54, 1.807) is 18.3 Å². The molecule has 3 heterocycles. The number of aromatic nitrogens is 5. The van der Waals surface area contributed by atoms with E-state index in [2.05, 4.69) is 31.1 Å². The molecule has 0 aliphatic rings. The van der Waals surface area contributed by atoms with Crippen LogP contribution < -0.4 is 11.0 Å². The van der Waals surface area contributed by atoms with Crippen molar-refractivity contribution in [1.29, 1.82) is 0 Å². The standard InChI is InChI=1S/C19H18N6O2/c1-13-20-6-8-24(13)12-15-4-2-3-14(9-15)11-21-18(26)16-5-7-25-17(10-16)22-23-19(25)27/h2-10H,11-12H2,1H3,(H,21,26)(H,23,27). The highest BCUT2D eigenvalue weighted by Crippen LogP contribution is 2.09. The molecule has 0 saturated carbocycles. The summed E-state index contributed by atoms with van der Waals surface area (Å²) in [6, 6.07) is 11.2. The van der Waals surface area contributed by atoms with Crippen LogP contribution in [0.15, 0.2) is 59.8 Å². The minimum absolute atomic E-state index is 0.219. The second-order valence-corrected chi connectivity index (χ2v) is 6.28. The van der Waals surface area contributed by atoms with Crippen LogP contribution in [0.2, 0.25) is 0 Å². The minimum Gasteiger partial charge on any atom is -0.348 e. The lowest BCUT2D eigenvalue weighted by molar-refractivity contribution is 0.0951. The molecule has 136 valence electrons. The highest BCUT2D eigenvalue weighted by atomic mass is 16.2. The van der Waals surface area contributed by atoms with Crippen molar-refractivity contribution in [1.82, 2.24) is 29.5 Å². The first-order valence-electron chi connectivity index (χ1n) is 8.51. The molecule has 0 saturated heterocycles. The first kappa shape index (κ1) is 16.8. The molecule has 0 aliphatic carbocycles. The number of imidazole rings is 1. The van der Waals surface area contributed by atoms with Gasteiger partial charge in [0.15, 0.2) is 5.65 Å². The van der Waals surface area contributed by atoms with E-state index >= 15 is 0 Å². The number of pyridine rings is 1. The average molecular weight is 362 g/mol. The van der Waals surface area contributed by atoms with Gasteiger partial charge in [0.05, 0.1) is 0 Å². The fraction of sp³-hybridized carbons (Fsp3) is 0.158. The Bertz CT molecular complexity index is 1170. The number of nitrogens with zero attached hydrogens (tertiary/aromatic N) is 4. The van der Waals surface area contributed by atoms with Gasteiger partial charge < -0.3 is 9.88 Å². The van der Waals surface area contributed by atoms with Crippen LogP contribution in [0.4, 0.5) is 0 Å². The first-order chi connectivity index (χ1) is 13.1. The topological polar surface area (TPSA) is 97.1 Å². The maximum absolute atomic E-state index is 12.4. The highest BCUT2D eigenvalue weighted by molar-refractivity contribution is 5.94. The van der Waals surface area contributed by atoms with Crippen LogP contribution >= 0.6 is 0 Å². The van der Waals surface area contributed by atoms with E-state index in [0.717, 1.165) is 23.5 Å². The maximum Gasteiger partial charge on any atom is 0.347 e. The predicted octanol–water partition coefficient (Wildman–Crippen LogP) is 1.51. The molecule has 3 aromatic heterocycles. The van der Waals surface area contributed by atoms with Gasteiger partial charge in [0, 0.05) is 37.2 Å². The second kappa shape index (κ2) is 6.91. The molecule has 1 amide bonds. The van der Waals surface area contributed by atoms with Gasteiger partial charge in [0.1, 0.15) is 5.82 Å². The summed E-state index contributed by atoms with van der Waals surface area (Å²) in [6.45, 7) is 3.11. The van der Waals surface area contributed by atoms with Crippen LogP contribution in [0.1, 0.15) is 27.3 Å². The van der Waals surface area contributed by atoms with Gasteiger partial charge in [0.2, 0.25) is 0 Å². The lowest BCUT2D eigenvalue weighted by Gasteiger charge is -2.09. The van der Waals surface area contributed by atoms with Gasteiger partial charge in [-0.3, -0.25) is 9.20 Å². The van der Waals surface area contributed by atoms with E-state index in [-0.39, 0.29) is 11.6 Å². The number of aryl methyl sites for hydroxylation is 1. The molecule has 4 aromatic rings. The third-order valence-electron chi connectivity index (χ3n) is 4.40. The van der Waals surface area contributed by atoms with E-state index < -0.39 is 0 Å². The van der Waals surface area contributed by atoms with Crippen LogP contribution in [-0.4, -0.2) is 30.1 Å². The average Bonchev–Trinajstić information content (AvgIpc) is 3.25. The SMILES string of the molecule is Cc1nccn1Cc1cccc(CNC(=O)c2ccn3c(=O)[nH]nc3c2)c1. The zero-order valence-corrected chi connectivity index (χ0v) is 14.7. The molecular formula is C19H18N6O2. The van der Waals surface area contributed by atoms with Crippen molar-refractivity contribution >= 4 is 11.6 Å². The molecule has 8 heteroatoms. The van der Waals surface area contributed by atoms with E-state index in [4.69, 9.17) is 0 Å². The van der Waals surface area contributed by atoms with Crippen molar-refractivity contribution in [3.8, 4) is 0 Å². The summed E-state index contributed by atoms with van der Waals surface area (Å²) in [6.07, 6.45) is 5.26. The Morgan fingerprint density at radius 3 is 2.85 bits per heavy atom. The molecule has 8 nitrogen and oxygen atoms in total. The fourth-order valence-electron chi connectivity index (χ4n) is 2.94. The summed E-state index contributed by atoms with van der Waals surface area (Å²) in [5, 5.41) is 9.12. The molecule has 0 radical (unpaired) electrons. The number of benzene rings is 1. The zero-order chi connectivity index (χ0) is 18.8. The maximum atomic E-state index is 12.4. The normalized spacial score (nSPS) is 11.0. The van der Waals surface area contributed by atoms with Crippen LogP contribution in [0.3, 0.4) is 0 Å². The van der Waals surface area contributed by atoms with Gasteiger partial charge >= 0.3 is 5.69 Å². The summed E-state index contributed by atoms with van der Waals surface area (Å²) in [7, 11) is 0. The predicted molar refractivity (Wildman–Crippen MR) is 99.5 cm³/mol. The number of carbonyl (C=O) groups excluding carboxylic acids is 1. The zero-order valence-electron chi connectivity index (χ0n) is 14.7. The molecule has 0 spiro atoms. The Labute approximate surface area is 154 Å². The Kier molecular flexibility index (Phi) is 4.29. The third kappa shape index (κ3) is 3.50. The Morgan fingerprint density at radius 1 is 1.19 bits per heavy atom. The molecular weight excluding hydrogens is 344 g/mol. The molecule has 0 atom stereocenters. The van der Waals surface area contributed by atoms with Gasteiger partial charge in [-0.15, -0.1) is 0 Å². The van der Waals surface area contributed by atoms with Crippen LogP contribution in [0.5, 0.6) is 0 Å². The van der Waals surface area contributed by atoms with Crippen molar-refractivity contribution in [2.45, 2.75) is 20.0 Å². The van der Waals surface area contributed by atoms with Crippen LogP contribution in [0.25, 0.3) is 5.65 Å². The van der Waals surface area contributed by atoms with Crippen molar-refractivity contribution in [3.05, 3.63) is 88.0 Å². The quantitative estimate of drug-likeness (QED) is 0.562. The van der Waals surface area contributed by atoms with Gasteiger partial charge in [-0.2, -0.15) is 5.10 Å². The number of fused-ring (bicyclic) bond motifs is 1. The van der Waals surface area contributed by atoms with Crippen molar-refractivity contribution in [2.75, 3.05) is 0 Å². The molecule has 4 rings (SSSR count). The molecule has 0 bridgehead atoms. The van der Waals surface area contributed by atoms with Gasteiger partial charge in [-0.05, 0) is 30.2 Å². The monoisotopic (exact) mass is 362 g/mol. The lowest BCUT2D eigenvalue weighted by atomic mass is 10.1. The summed E-state index contributed by atoms with van der Waals surface area (Å²) in [5.41, 5.74) is 2.68. The lowest BCUT2D eigenvalue weighted by Crippen LogP contribution is -2.23. The molecule has 2 N–H and O–H groups in total. The number of rotatable bonds is 5. The summed E-state index contributed by atoms with van der Waals surface area (Å²) >= 11 is 0. The highest BCUT2D eigenvalue weighted by Gasteiger charge is 2.09. The summed E-state index contributed by atoms with van der Waals surface area (Å²) < 4.78 is 3.41. The molecule has 27 heavy (non-hydrogen) atoms. The Morgan fingerprint density at radius 2 is 2.04 bits per heavy atom. The van der Waals surface area contributed by atoms with Gasteiger partial charge in [0.25, 0.3) is 5.91 Å². The molecule has 0 aliphatic heterocycles. The van der Waals surface area contributed by atoms with Crippen molar-refractivity contribution in [3.63, 3.8) is 0 Å². The number of hydrogen-bond acceptors (Lipinski definition) is 4. The molecule has 0 fully saturated rings. The van der Waals surface area contributed by atoms with E-state index in [1.807, 2.05) is 31.3 Å². The van der Waals surface area contributed by atoms with E-state index in [0.29, 0.717) is 17.8 Å². The fourth-order valence-corrected chi connectivity index (χ4v) is 2.94.